The van der Waals surface area contributed by atoms with Crippen LogP contribution in [0.3, 0.4) is 0 Å². The zero-order chi connectivity index (χ0) is 18.8. The Morgan fingerprint density at radius 3 is 2.62 bits per heavy atom. The van der Waals surface area contributed by atoms with Crippen LogP contribution in [0.1, 0.15) is 15.9 Å². The van der Waals surface area contributed by atoms with Gasteiger partial charge in [-0.1, -0.05) is 58.5 Å². The van der Waals surface area contributed by atoms with E-state index in [-0.39, 0.29) is 10.6 Å². The average Bonchev–Trinajstić information content (AvgIpc) is 2.92. The van der Waals surface area contributed by atoms with Crippen molar-refractivity contribution in [2.75, 3.05) is 5.32 Å². The summed E-state index contributed by atoms with van der Waals surface area (Å²) in [5.74, 6) is -0.0518. The Morgan fingerprint density at radius 2 is 1.88 bits per heavy atom. The Morgan fingerprint density at radius 1 is 1.12 bits per heavy atom. The Hall–Kier alpha value is -1.24. The molecule has 1 heterocycles. The van der Waals surface area contributed by atoms with E-state index in [0.29, 0.717) is 31.9 Å². The molecule has 4 nitrogen and oxygen atoms in total. The first-order valence-electron chi connectivity index (χ1n) is 7.27. The third-order valence-corrected chi connectivity index (χ3v) is 5.48. The largest absolute Gasteiger partial charge is 0.304 e. The zero-order valence-electron chi connectivity index (χ0n) is 12.9. The van der Waals surface area contributed by atoms with E-state index in [4.69, 9.17) is 46.4 Å². The molecule has 0 radical (unpaired) electrons. The van der Waals surface area contributed by atoms with Crippen molar-refractivity contribution < 1.29 is 4.79 Å². The molecule has 134 valence electrons. The van der Waals surface area contributed by atoms with Crippen LogP contribution in [0, 0.1) is 0 Å². The number of benzene rings is 2. The minimum absolute atomic E-state index is 0.190. The second kappa shape index (κ2) is 8.19. The Labute approximate surface area is 178 Å². The highest BCUT2D eigenvalue weighted by molar-refractivity contribution is 9.10. The molecule has 0 spiro atoms. The molecule has 0 saturated heterocycles. The minimum Gasteiger partial charge on any atom is -0.304 e. The zero-order valence-corrected chi connectivity index (χ0v) is 17.6. The molecule has 0 unspecified atom stereocenters. The summed E-state index contributed by atoms with van der Waals surface area (Å²) in [5, 5.41) is 8.67. The molecule has 3 rings (SSSR count). The summed E-state index contributed by atoms with van der Waals surface area (Å²) in [6.45, 7) is 0.419. The molecule has 1 N–H and O–H groups in total. The van der Waals surface area contributed by atoms with Crippen molar-refractivity contribution in [2.45, 2.75) is 6.54 Å². The summed E-state index contributed by atoms with van der Waals surface area (Å²) in [5.41, 5.74) is 1.11. The third-order valence-electron chi connectivity index (χ3n) is 3.49. The molecule has 1 amide bonds. The van der Waals surface area contributed by atoms with E-state index < -0.39 is 5.91 Å². The quantitative estimate of drug-likeness (QED) is 0.447. The lowest BCUT2D eigenvalue weighted by atomic mass is 10.2. The van der Waals surface area contributed by atoms with Crippen LogP contribution in [-0.2, 0) is 6.54 Å². The molecule has 0 fully saturated rings. The number of rotatable bonds is 4. The molecule has 3 aromatic rings. The SMILES string of the molecule is O=C(Nc1nn(Cc2ccc(Cl)cc2Cl)cc1Br)c1cccc(Cl)c1Cl. The summed E-state index contributed by atoms with van der Waals surface area (Å²) in [4.78, 5) is 12.4. The Kier molecular flexibility index (Phi) is 6.15. The first-order valence-corrected chi connectivity index (χ1v) is 9.58. The van der Waals surface area contributed by atoms with Crippen molar-refractivity contribution in [1.82, 2.24) is 9.78 Å². The van der Waals surface area contributed by atoms with Crippen molar-refractivity contribution >= 4 is 74.1 Å². The lowest BCUT2D eigenvalue weighted by Crippen LogP contribution is -2.14. The fourth-order valence-electron chi connectivity index (χ4n) is 2.24. The van der Waals surface area contributed by atoms with Crippen molar-refractivity contribution in [1.29, 1.82) is 0 Å². The molecule has 0 bridgehead atoms. The Bertz CT molecular complexity index is 990. The van der Waals surface area contributed by atoms with E-state index in [0.717, 1.165) is 5.56 Å². The van der Waals surface area contributed by atoms with Crippen LogP contribution in [0.2, 0.25) is 20.1 Å². The molecule has 26 heavy (non-hydrogen) atoms. The number of hydrogen-bond donors (Lipinski definition) is 1. The number of aromatic nitrogens is 2. The van der Waals surface area contributed by atoms with E-state index in [1.54, 1.807) is 41.2 Å². The van der Waals surface area contributed by atoms with E-state index >= 15 is 0 Å². The van der Waals surface area contributed by atoms with E-state index in [1.807, 2.05) is 6.07 Å². The second-order valence-corrected chi connectivity index (χ2v) is 7.80. The maximum Gasteiger partial charge on any atom is 0.258 e. The van der Waals surface area contributed by atoms with Gasteiger partial charge in [0.2, 0.25) is 0 Å². The molecular formula is C17H10BrCl4N3O. The normalized spacial score (nSPS) is 10.8. The maximum absolute atomic E-state index is 12.4. The molecule has 0 atom stereocenters. The lowest BCUT2D eigenvalue weighted by Gasteiger charge is -2.06. The van der Waals surface area contributed by atoms with Crippen molar-refractivity contribution in [3.63, 3.8) is 0 Å². The molecular weight excluding hydrogens is 484 g/mol. The molecule has 0 aliphatic carbocycles. The molecule has 1 aromatic heterocycles. The van der Waals surface area contributed by atoms with Crippen LogP contribution < -0.4 is 5.32 Å². The highest BCUT2D eigenvalue weighted by Gasteiger charge is 2.16. The summed E-state index contributed by atoms with van der Waals surface area (Å²) < 4.78 is 2.27. The van der Waals surface area contributed by atoms with Crippen LogP contribution in [-0.4, -0.2) is 15.7 Å². The summed E-state index contributed by atoms with van der Waals surface area (Å²) in [6, 6.07) is 10.1. The van der Waals surface area contributed by atoms with Gasteiger partial charge in [0.1, 0.15) is 0 Å². The van der Waals surface area contributed by atoms with Crippen molar-refractivity contribution in [2.24, 2.45) is 0 Å². The van der Waals surface area contributed by atoms with Crippen LogP contribution in [0.25, 0.3) is 0 Å². The number of carbonyl (C=O) groups is 1. The number of hydrogen-bond acceptors (Lipinski definition) is 2. The summed E-state index contributed by atoms with van der Waals surface area (Å²) >= 11 is 27.5. The molecule has 0 saturated carbocycles. The predicted octanol–water partition coefficient (Wildman–Crippen LogP) is 6.56. The van der Waals surface area contributed by atoms with E-state index in [2.05, 4.69) is 26.3 Å². The summed E-state index contributed by atoms with van der Waals surface area (Å²) in [6.07, 6.45) is 1.74. The number of nitrogens with zero attached hydrogens (tertiary/aromatic N) is 2. The molecule has 2 aromatic carbocycles. The minimum atomic E-state index is -0.409. The van der Waals surface area contributed by atoms with Crippen LogP contribution in [0.4, 0.5) is 5.82 Å². The highest BCUT2D eigenvalue weighted by Crippen LogP contribution is 2.28. The van der Waals surface area contributed by atoms with E-state index in [9.17, 15) is 4.79 Å². The van der Waals surface area contributed by atoms with E-state index in [1.165, 1.54) is 0 Å². The first-order chi connectivity index (χ1) is 12.3. The van der Waals surface area contributed by atoms with Crippen LogP contribution >= 0.6 is 62.3 Å². The molecule has 9 heteroatoms. The number of carbonyl (C=O) groups excluding carboxylic acids is 1. The van der Waals surface area contributed by atoms with Gasteiger partial charge in [-0.3, -0.25) is 9.48 Å². The smallest absolute Gasteiger partial charge is 0.258 e. The van der Waals surface area contributed by atoms with Gasteiger partial charge in [-0.25, -0.2) is 0 Å². The number of nitrogens with one attached hydrogen (secondary N) is 1. The molecule has 0 aliphatic rings. The van der Waals surface area contributed by atoms with Gasteiger partial charge in [0.15, 0.2) is 5.82 Å². The van der Waals surface area contributed by atoms with Gasteiger partial charge in [0.05, 0.1) is 26.6 Å². The standard InChI is InChI=1S/C17H10BrCl4N3O/c18-12-8-25(7-9-4-5-10(19)6-14(9)21)24-16(12)23-17(26)11-2-1-3-13(20)15(11)22/h1-6,8H,7H2,(H,23,24,26). The number of anilines is 1. The predicted molar refractivity (Wildman–Crippen MR) is 110 cm³/mol. The fourth-order valence-corrected chi connectivity index (χ4v) is 3.51. The maximum atomic E-state index is 12.4. The number of halogens is 5. The summed E-state index contributed by atoms with van der Waals surface area (Å²) in [7, 11) is 0. The number of amides is 1. The van der Waals surface area contributed by atoms with Gasteiger partial charge in [-0.15, -0.1) is 0 Å². The van der Waals surface area contributed by atoms with Gasteiger partial charge in [0.25, 0.3) is 5.91 Å². The monoisotopic (exact) mass is 491 g/mol. The fraction of sp³-hybridized carbons (Fsp3) is 0.0588. The van der Waals surface area contributed by atoms with Crippen LogP contribution in [0.15, 0.2) is 47.1 Å². The van der Waals surface area contributed by atoms with Gasteiger partial charge in [-0.05, 0) is 45.8 Å². The Balaban J connectivity index is 1.80. The van der Waals surface area contributed by atoms with Gasteiger partial charge < -0.3 is 5.32 Å². The second-order valence-electron chi connectivity index (χ2n) is 5.31. The van der Waals surface area contributed by atoms with Gasteiger partial charge >= 0.3 is 0 Å². The van der Waals surface area contributed by atoms with Crippen molar-refractivity contribution in [3.8, 4) is 0 Å². The highest BCUT2D eigenvalue weighted by atomic mass is 79.9. The first kappa shape index (κ1) is 19.5. The lowest BCUT2D eigenvalue weighted by molar-refractivity contribution is 0.102. The third kappa shape index (κ3) is 4.35. The topological polar surface area (TPSA) is 46.9 Å². The van der Waals surface area contributed by atoms with Gasteiger partial charge in [0, 0.05) is 16.2 Å². The van der Waals surface area contributed by atoms with Gasteiger partial charge in [-0.2, -0.15) is 5.10 Å². The average molecular weight is 494 g/mol. The molecule has 0 aliphatic heterocycles. The van der Waals surface area contributed by atoms with Crippen molar-refractivity contribution in [3.05, 3.63) is 78.3 Å². The van der Waals surface area contributed by atoms with Crippen LogP contribution in [0.5, 0.6) is 0 Å².